The summed E-state index contributed by atoms with van der Waals surface area (Å²) < 4.78 is 0. The van der Waals surface area contributed by atoms with E-state index in [1.54, 1.807) is 6.07 Å². The quantitative estimate of drug-likeness (QED) is 0.585. The van der Waals surface area contributed by atoms with Gasteiger partial charge in [0, 0.05) is 30.6 Å². The molecule has 0 atom stereocenters. The Kier molecular flexibility index (Phi) is 6.38. The minimum Gasteiger partial charge on any atom is -0.300 e. The molecular weight excluding hydrogens is 266 g/mol. The van der Waals surface area contributed by atoms with Crippen molar-refractivity contribution in [2.24, 2.45) is 0 Å². The van der Waals surface area contributed by atoms with Crippen molar-refractivity contribution >= 4 is 28.8 Å². The van der Waals surface area contributed by atoms with Gasteiger partial charge in [0.1, 0.15) is 5.78 Å². The maximum atomic E-state index is 11.8. The Morgan fingerprint density at radius 3 is 2.42 bits per heavy atom. The van der Waals surface area contributed by atoms with Crippen LogP contribution < -0.4 is 5.48 Å². The molecule has 104 valence electrons. The molecule has 0 aliphatic heterocycles. The Labute approximate surface area is 115 Å². The first kappa shape index (κ1) is 15.5. The van der Waals surface area contributed by atoms with Crippen LogP contribution in [0.3, 0.4) is 0 Å². The number of hydroxylamine groups is 1. The van der Waals surface area contributed by atoms with Gasteiger partial charge in [-0.2, -0.15) is 0 Å². The van der Waals surface area contributed by atoms with Gasteiger partial charge in [0.25, 0.3) is 0 Å². The first-order valence-corrected chi connectivity index (χ1v) is 6.77. The van der Waals surface area contributed by atoms with Gasteiger partial charge in [0.15, 0.2) is 5.78 Å². The van der Waals surface area contributed by atoms with E-state index in [4.69, 9.17) is 0 Å². The summed E-state index contributed by atoms with van der Waals surface area (Å²) in [6, 6.07) is 3.66. The number of carbonyl (C=O) groups is 3. The van der Waals surface area contributed by atoms with Gasteiger partial charge in [-0.05, 0) is 19.1 Å². The van der Waals surface area contributed by atoms with Crippen LogP contribution in [0.25, 0.3) is 0 Å². The predicted octanol–water partition coefficient (Wildman–Crippen LogP) is 2.05. The van der Waals surface area contributed by atoms with Crippen LogP contribution in [-0.2, 0) is 14.4 Å². The number of ketones is 2. The van der Waals surface area contributed by atoms with E-state index >= 15 is 0 Å². The van der Waals surface area contributed by atoms with Gasteiger partial charge in [-0.3, -0.25) is 19.2 Å². The Bertz CT molecular complexity index is 467. The van der Waals surface area contributed by atoms with Gasteiger partial charge in [-0.1, -0.05) is 0 Å². The van der Waals surface area contributed by atoms with Gasteiger partial charge < -0.3 is 0 Å². The number of rotatable bonds is 8. The lowest BCUT2D eigenvalue weighted by atomic mass is 10.1. The molecular formula is C13H17NO4S. The maximum Gasteiger partial charge on any atom is 0.243 e. The number of carbonyl (C=O) groups excluding carboxylic acids is 3. The van der Waals surface area contributed by atoms with Crippen molar-refractivity contribution < 1.29 is 19.2 Å². The molecule has 0 fully saturated rings. The van der Waals surface area contributed by atoms with Crippen LogP contribution in [0.15, 0.2) is 12.1 Å². The summed E-state index contributed by atoms with van der Waals surface area (Å²) >= 11 is 1.43. The van der Waals surface area contributed by atoms with E-state index in [-0.39, 0.29) is 43.2 Å². The molecule has 5 nitrogen and oxygen atoms in total. The van der Waals surface area contributed by atoms with E-state index in [0.29, 0.717) is 4.88 Å². The monoisotopic (exact) mass is 283 g/mol. The largest absolute Gasteiger partial charge is 0.300 e. The highest BCUT2D eigenvalue weighted by molar-refractivity contribution is 7.14. The first-order valence-electron chi connectivity index (χ1n) is 5.96. The lowest BCUT2D eigenvalue weighted by Crippen LogP contribution is -2.22. The third-order valence-corrected chi connectivity index (χ3v) is 3.53. The standard InChI is InChI=1S/C13H17NO4S/c1-9-3-7-12(19-9)11(16)6-4-10(15)5-8-13(17)14-18-2/h3,7H,4-6,8H2,1-2H3,(H,14,17). The SMILES string of the molecule is CONC(=O)CCC(=O)CCC(=O)c1ccc(C)s1. The summed E-state index contributed by atoms with van der Waals surface area (Å²) in [6.07, 6.45) is 0.589. The number of hydrogen-bond donors (Lipinski definition) is 1. The Morgan fingerprint density at radius 1 is 1.16 bits per heavy atom. The lowest BCUT2D eigenvalue weighted by molar-refractivity contribution is -0.133. The number of hydrogen-bond acceptors (Lipinski definition) is 5. The van der Waals surface area contributed by atoms with Crippen molar-refractivity contribution in [2.75, 3.05) is 7.11 Å². The van der Waals surface area contributed by atoms with Crippen LogP contribution in [0.4, 0.5) is 0 Å². The molecule has 0 radical (unpaired) electrons. The molecule has 0 aliphatic carbocycles. The molecule has 0 aromatic carbocycles. The van der Waals surface area contributed by atoms with Crippen LogP contribution in [0.5, 0.6) is 0 Å². The summed E-state index contributed by atoms with van der Waals surface area (Å²) in [6.45, 7) is 1.93. The Hall–Kier alpha value is -1.53. The fourth-order valence-corrected chi connectivity index (χ4v) is 2.34. The first-order chi connectivity index (χ1) is 9.02. The topological polar surface area (TPSA) is 72.5 Å². The second-order valence-electron chi connectivity index (χ2n) is 4.10. The van der Waals surface area contributed by atoms with E-state index in [0.717, 1.165) is 4.88 Å². The summed E-state index contributed by atoms with van der Waals surface area (Å²) in [4.78, 5) is 40.5. The number of aryl methyl sites for hydroxylation is 1. The van der Waals surface area contributed by atoms with Gasteiger partial charge in [-0.25, -0.2) is 5.48 Å². The zero-order valence-electron chi connectivity index (χ0n) is 11.0. The van der Waals surface area contributed by atoms with E-state index in [1.165, 1.54) is 18.4 Å². The second-order valence-corrected chi connectivity index (χ2v) is 5.39. The Morgan fingerprint density at radius 2 is 1.84 bits per heavy atom. The molecule has 1 rings (SSSR count). The van der Waals surface area contributed by atoms with E-state index in [2.05, 4.69) is 10.3 Å². The number of nitrogens with one attached hydrogen (secondary N) is 1. The van der Waals surface area contributed by atoms with Gasteiger partial charge in [0.2, 0.25) is 5.91 Å². The highest BCUT2D eigenvalue weighted by atomic mass is 32.1. The Balaban J connectivity index is 2.26. The zero-order valence-corrected chi connectivity index (χ0v) is 11.8. The van der Waals surface area contributed by atoms with Crippen molar-refractivity contribution in [1.29, 1.82) is 0 Å². The second kappa shape index (κ2) is 7.81. The van der Waals surface area contributed by atoms with E-state index in [1.807, 2.05) is 13.0 Å². The molecule has 1 heterocycles. The van der Waals surface area contributed by atoms with Crippen LogP contribution in [0.1, 0.15) is 40.2 Å². The van der Waals surface area contributed by atoms with Crippen molar-refractivity contribution in [3.63, 3.8) is 0 Å². The van der Waals surface area contributed by atoms with Crippen LogP contribution in [0.2, 0.25) is 0 Å². The molecule has 0 saturated heterocycles. The molecule has 0 saturated carbocycles. The number of amides is 1. The van der Waals surface area contributed by atoms with Crippen molar-refractivity contribution in [3.05, 3.63) is 21.9 Å². The summed E-state index contributed by atoms with van der Waals surface area (Å²) in [5.74, 6) is -0.447. The fourth-order valence-electron chi connectivity index (χ4n) is 1.50. The van der Waals surface area contributed by atoms with E-state index < -0.39 is 0 Å². The molecule has 1 amide bonds. The van der Waals surface area contributed by atoms with Crippen LogP contribution in [-0.4, -0.2) is 24.6 Å². The number of Topliss-reactive ketones (excluding diaryl/α,β-unsaturated/α-hetero) is 2. The maximum absolute atomic E-state index is 11.8. The predicted molar refractivity (Wildman–Crippen MR) is 72.0 cm³/mol. The summed E-state index contributed by atoms with van der Waals surface area (Å²) in [7, 11) is 1.33. The normalized spacial score (nSPS) is 10.2. The zero-order chi connectivity index (χ0) is 14.3. The molecule has 0 unspecified atom stereocenters. The average molecular weight is 283 g/mol. The highest BCUT2D eigenvalue weighted by Crippen LogP contribution is 2.17. The minimum absolute atomic E-state index is 0.0206. The molecule has 0 bridgehead atoms. The summed E-state index contributed by atoms with van der Waals surface area (Å²) in [5, 5.41) is 0. The fraction of sp³-hybridized carbons (Fsp3) is 0.462. The third kappa shape index (κ3) is 5.76. The van der Waals surface area contributed by atoms with Crippen molar-refractivity contribution in [1.82, 2.24) is 5.48 Å². The van der Waals surface area contributed by atoms with Gasteiger partial charge in [-0.15, -0.1) is 11.3 Å². The van der Waals surface area contributed by atoms with Crippen molar-refractivity contribution in [3.8, 4) is 0 Å². The summed E-state index contributed by atoms with van der Waals surface area (Å²) in [5.41, 5.74) is 2.14. The molecule has 1 aromatic rings. The van der Waals surface area contributed by atoms with Gasteiger partial charge in [0.05, 0.1) is 12.0 Å². The molecule has 1 N–H and O–H groups in total. The molecule has 6 heteroatoms. The van der Waals surface area contributed by atoms with Crippen LogP contribution >= 0.6 is 11.3 Å². The molecule has 0 aliphatic rings. The number of thiophene rings is 1. The smallest absolute Gasteiger partial charge is 0.243 e. The molecule has 1 aromatic heterocycles. The average Bonchev–Trinajstić information content (AvgIpc) is 2.80. The van der Waals surface area contributed by atoms with E-state index in [9.17, 15) is 14.4 Å². The van der Waals surface area contributed by atoms with Crippen molar-refractivity contribution in [2.45, 2.75) is 32.6 Å². The minimum atomic E-state index is -0.337. The third-order valence-electron chi connectivity index (χ3n) is 2.49. The van der Waals surface area contributed by atoms with Gasteiger partial charge >= 0.3 is 0 Å². The van der Waals surface area contributed by atoms with Crippen LogP contribution in [0, 0.1) is 6.92 Å². The highest BCUT2D eigenvalue weighted by Gasteiger charge is 2.12. The molecule has 19 heavy (non-hydrogen) atoms. The molecule has 0 spiro atoms. The lowest BCUT2D eigenvalue weighted by Gasteiger charge is -2.01.